The lowest BCUT2D eigenvalue weighted by Gasteiger charge is -2.26. The van der Waals surface area contributed by atoms with E-state index >= 15 is 0 Å². The smallest absolute Gasteiger partial charge is 0.0703 e. The van der Waals surface area contributed by atoms with Gasteiger partial charge in [-0.05, 0) is 139 Å². The molecule has 0 atom stereocenters. The van der Waals surface area contributed by atoms with Crippen LogP contribution in [-0.4, -0.2) is 9.97 Å². The first-order chi connectivity index (χ1) is 31.6. The predicted molar refractivity (Wildman–Crippen MR) is 272 cm³/mol. The highest BCUT2D eigenvalue weighted by atomic mass is 15.2. The Kier molecular flexibility index (Phi) is 9.12. The van der Waals surface area contributed by atoms with Crippen LogP contribution in [-0.2, 0) is 0 Å². The van der Waals surface area contributed by atoms with Crippen LogP contribution in [0, 0.1) is 0 Å². The van der Waals surface area contributed by atoms with Crippen molar-refractivity contribution in [3.05, 3.63) is 242 Å². The lowest BCUT2D eigenvalue weighted by atomic mass is 10.0. The van der Waals surface area contributed by atoms with E-state index in [2.05, 4.69) is 228 Å². The van der Waals surface area contributed by atoms with E-state index in [-0.39, 0.29) is 0 Å². The predicted octanol–water partition coefficient (Wildman–Crippen LogP) is 16.5. The minimum Gasteiger partial charge on any atom is -0.309 e. The maximum absolute atomic E-state index is 4.85. The number of benzene rings is 10. The topological polar surface area (TPSA) is 32.3 Å². The Balaban J connectivity index is 0.848. The van der Waals surface area contributed by atoms with E-state index in [9.17, 15) is 0 Å². The molecule has 10 aromatic carbocycles. The van der Waals surface area contributed by atoms with E-state index in [0.29, 0.717) is 0 Å². The molecule has 0 spiro atoms. The summed E-state index contributed by atoms with van der Waals surface area (Å²) in [6.07, 6.45) is 8.37. The molecule has 2 heterocycles. The SMILES string of the molecule is C(=Cc1ccc2cc(N(c3ccc4ccccc4c3)c3cnc4ccccc4c3)ccc2c1)c1ccc2cc(N(c3ccc4ccccc4c3)c3cnc4ccccc4c3)ccc2c1. The number of hydrogen-bond donors (Lipinski definition) is 0. The summed E-state index contributed by atoms with van der Waals surface area (Å²) in [7, 11) is 0. The number of para-hydroxylation sites is 2. The van der Waals surface area contributed by atoms with Gasteiger partial charge >= 0.3 is 0 Å². The van der Waals surface area contributed by atoms with Crippen molar-refractivity contribution in [1.82, 2.24) is 9.97 Å². The number of fused-ring (bicyclic) bond motifs is 6. The molecular weight excluding hydrogens is 777 g/mol. The van der Waals surface area contributed by atoms with Gasteiger partial charge in [-0.25, -0.2) is 0 Å². The second kappa shape index (κ2) is 15.7. The van der Waals surface area contributed by atoms with Crippen LogP contribution in [0.4, 0.5) is 34.1 Å². The van der Waals surface area contributed by atoms with Crippen molar-refractivity contribution < 1.29 is 0 Å². The molecule has 0 radical (unpaired) electrons. The first-order valence-corrected chi connectivity index (χ1v) is 21.7. The fourth-order valence-electron chi connectivity index (χ4n) is 9.07. The van der Waals surface area contributed by atoms with Gasteiger partial charge in [-0.15, -0.1) is 0 Å². The normalized spacial score (nSPS) is 11.7. The Labute approximate surface area is 371 Å². The Morgan fingerprint density at radius 2 is 0.547 bits per heavy atom. The molecule has 0 aliphatic heterocycles. The van der Waals surface area contributed by atoms with Crippen molar-refractivity contribution in [2.45, 2.75) is 0 Å². The summed E-state index contributed by atoms with van der Waals surface area (Å²) < 4.78 is 0. The molecule has 4 heteroatoms. The van der Waals surface area contributed by atoms with Gasteiger partial charge in [-0.3, -0.25) is 9.97 Å². The molecule has 0 saturated heterocycles. The van der Waals surface area contributed by atoms with Crippen molar-refractivity contribution in [1.29, 1.82) is 0 Å². The van der Waals surface area contributed by atoms with Crippen LogP contribution in [0.3, 0.4) is 0 Å². The van der Waals surface area contributed by atoms with Gasteiger partial charge in [-0.2, -0.15) is 0 Å². The highest BCUT2D eigenvalue weighted by Crippen LogP contribution is 2.40. The molecule has 0 bridgehead atoms. The van der Waals surface area contributed by atoms with Crippen molar-refractivity contribution in [3.63, 3.8) is 0 Å². The van der Waals surface area contributed by atoms with E-state index in [1.807, 2.05) is 24.5 Å². The Bertz CT molecular complexity index is 3370. The average Bonchev–Trinajstić information content (AvgIpc) is 3.35. The van der Waals surface area contributed by atoms with Crippen molar-refractivity contribution in [2.24, 2.45) is 0 Å². The van der Waals surface area contributed by atoms with Gasteiger partial charge in [0, 0.05) is 33.5 Å². The fourth-order valence-corrected chi connectivity index (χ4v) is 9.07. The Morgan fingerprint density at radius 3 is 0.969 bits per heavy atom. The molecule has 4 nitrogen and oxygen atoms in total. The van der Waals surface area contributed by atoms with Crippen molar-refractivity contribution in [3.8, 4) is 0 Å². The van der Waals surface area contributed by atoms with Gasteiger partial charge in [0.25, 0.3) is 0 Å². The minimum atomic E-state index is 0.983. The standard InChI is InChI=1S/C60H40N4/c1-3-11-45-33-53(27-23-43(45)9-1)63(57-37-51-13-5-7-15-59(51)61-39-57)55-29-25-47-31-41(19-21-49(47)35-55)17-18-42-20-22-50-36-56(30-26-48(50)32-42)64(54-28-24-44-10-2-4-12-46(44)34-54)58-38-52-14-6-8-16-60(52)62-40-58/h1-40H. The number of hydrogen-bond acceptors (Lipinski definition) is 4. The molecule has 0 saturated carbocycles. The molecule has 2 aromatic heterocycles. The van der Waals surface area contributed by atoms with Crippen LogP contribution < -0.4 is 9.80 Å². The zero-order valence-corrected chi connectivity index (χ0v) is 34.9. The van der Waals surface area contributed by atoms with Gasteiger partial charge in [0.1, 0.15) is 0 Å². The zero-order chi connectivity index (χ0) is 42.4. The van der Waals surface area contributed by atoms with E-state index in [1.54, 1.807) is 0 Å². The molecule has 0 unspecified atom stereocenters. The molecule has 12 rings (SSSR count). The third kappa shape index (κ3) is 7.03. The quantitative estimate of drug-likeness (QED) is 0.143. The molecule has 300 valence electrons. The average molecular weight is 817 g/mol. The van der Waals surface area contributed by atoms with Crippen LogP contribution >= 0.6 is 0 Å². The molecule has 0 N–H and O–H groups in total. The molecule has 0 aliphatic carbocycles. The van der Waals surface area contributed by atoms with Crippen molar-refractivity contribution >= 4 is 111 Å². The largest absolute Gasteiger partial charge is 0.309 e. The summed E-state index contributed by atoms with van der Waals surface area (Å²) in [6, 6.07) is 78.2. The van der Waals surface area contributed by atoms with Gasteiger partial charge < -0.3 is 9.80 Å². The molecule has 0 aliphatic rings. The zero-order valence-electron chi connectivity index (χ0n) is 34.9. The summed E-state index contributed by atoms with van der Waals surface area (Å²) in [4.78, 5) is 14.3. The number of nitrogens with zero attached hydrogens (tertiary/aromatic N) is 4. The monoisotopic (exact) mass is 816 g/mol. The third-order valence-electron chi connectivity index (χ3n) is 12.3. The number of aromatic nitrogens is 2. The number of anilines is 6. The van der Waals surface area contributed by atoms with E-state index in [4.69, 9.17) is 9.97 Å². The minimum absolute atomic E-state index is 0.983. The van der Waals surface area contributed by atoms with Crippen LogP contribution in [0.25, 0.3) is 77.0 Å². The first-order valence-electron chi connectivity index (χ1n) is 21.7. The van der Waals surface area contributed by atoms with E-state index in [1.165, 1.54) is 43.1 Å². The third-order valence-corrected chi connectivity index (χ3v) is 12.3. The second-order valence-corrected chi connectivity index (χ2v) is 16.4. The van der Waals surface area contributed by atoms with Crippen molar-refractivity contribution in [2.75, 3.05) is 9.80 Å². The lowest BCUT2D eigenvalue weighted by Crippen LogP contribution is -2.10. The fraction of sp³-hybridized carbons (Fsp3) is 0. The molecule has 64 heavy (non-hydrogen) atoms. The summed E-state index contributed by atoms with van der Waals surface area (Å²) in [5.41, 5.74) is 10.6. The second-order valence-electron chi connectivity index (χ2n) is 16.4. The Hall–Kier alpha value is -8.60. The van der Waals surface area contributed by atoms with Gasteiger partial charge in [0.2, 0.25) is 0 Å². The number of pyridine rings is 2. The Morgan fingerprint density at radius 1 is 0.250 bits per heavy atom. The highest BCUT2D eigenvalue weighted by molar-refractivity contribution is 5.97. The summed E-state index contributed by atoms with van der Waals surface area (Å²) in [6.45, 7) is 0. The van der Waals surface area contributed by atoms with Crippen LogP contribution in [0.2, 0.25) is 0 Å². The van der Waals surface area contributed by atoms with Crippen LogP contribution in [0.1, 0.15) is 11.1 Å². The van der Waals surface area contributed by atoms with Crippen LogP contribution in [0.5, 0.6) is 0 Å². The molecule has 0 amide bonds. The summed E-state index contributed by atoms with van der Waals surface area (Å²) in [5.74, 6) is 0. The van der Waals surface area contributed by atoms with Gasteiger partial charge in [0.15, 0.2) is 0 Å². The van der Waals surface area contributed by atoms with Crippen LogP contribution in [0.15, 0.2) is 231 Å². The molecular formula is C60H40N4. The molecule has 0 fully saturated rings. The van der Waals surface area contributed by atoms with E-state index < -0.39 is 0 Å². The van der Waals surface area contributed by atoms with E-state index in [0.717, 1.165) is 67.1 Å². The highest BCUT2D eigenvalue weighted by Gasteiger charge is 2.17. The first kappa shape index (κ1) is 37.2. The summed E-state index contributed by atoms with van der Waals surface area (Å²) in [5, 5.41) is 11.8. The molecule has 12 aromatic rings. The number of rotatable bonds is 8. The summed E-state index contributed by atoms with van der Waals surface area (Å²) >= 11 is 0. The lowest BCUT2D eigenvalue weighted by molar-refractivity contribution is 1.26. The van der Waals surface area contributed by atoms with Gasteiger partial charge in [-0.1, -0.05) is 146 Å². The van der Waals surface area contributed by atoms with Gasteiger partial charge in [0.05, 0.1) is 34.8 Å². The maximum Gasteiger partial charge on any atom is 0.0703 e. The maximum atomic E-state index is 4.85.